The number of ether oxygens (including phenoxy) is 1. The van der Waals surface area contributed by atoms with E-state index in [1.807, 2.05) is 19.1 Å². The molecule has 0 amide bonds. The average molecular weight is 164 g/mol. The van der Waals surface area contributed by atoms with Gasteiger partial charge in [0.2, 0.25) is 0 Å². The smallest absolute Gasteiger partial charge is 0.141 e. The van der Waals surface area contributed by atoms with E-state index in [1.54, 1.807) is 6.20 Å². The van der Waals surface area contributed by atoms with E-state index >= 15 is 0 Å². The van der Waals surface area contributed by atoms with Crippen LogP contribution in [-0.4, -0.2) is 17.1 Å². The molecule has 0 fully saturated rings. The summed E-state index contributed by atoms with van der Waals surface area (Å²) in [4.78, 5) is 4.21. The zero-order valence-corrected chi connectivity index (χ0v) is 7.03. The summed E-state index contributed by atoms with van der Waals surface area (Å²) in [6.07, 6.45) is 2.73. The van der Waals surface area contributed by atoms with Gasteiger partial charge in [0.05, 0.1) is 5.69 Å². The van der Waals surface area contributed by atoms with Crippen LogP contribution in [0, 0.1) is 0 Å². The van der Waals surface area contributed by atoms with Crippen molar-refractivity contribution in [2.75, 3.05) is 0 Å². The van der Waals surface area contributed by atoms with Crippen molar-refractivity contribution in [3.8, 4) is 5.75 Å². The number of pyridine rings is 1. The number of rotatable bonds is 1. The maximum Gasteiger partial charge on any atom is 0.141 e. The summed E-state index contributed by atoms with van der Waals surface area (Å²) in [7, 11) is 0. The van der Waals surface area contributed by atoms with Gasteiger partial charge in [0.1, 0.15) is 11.9 Å². The highest BCUT2D eigenvalue weighted by atomic mass is 16.5. The maximum atomic E-state index is 5.72. The second kappa shape index (κ2) is 2.75. The molecule has 3 heteroatoms. The number of fused-ring (bicyclic) bond motifs is 1. The lowest BCUT2D eigenvalue weighted by atomic mass is 10.1. The average Bonchev–Trinajstić information content (AvgIpc) is 2.46. The van der Waals surface area contributed by atoms with Crippen molar-refractivity contribution >= 4 is 0 Å². The molecule has 64 valence electrons. The Bertz CT molecular complexity index is 261. The van der Waals surface area contributed by atoms with Crippen molar-refractivity contribution in [3.63, 3.8) is 0 Å². The molecule has 0 saturated carbocycles. The molecule has 2 N–H and O–H groups in total. The molecule has 0 aliphatic carbocycles. The van der Waals surface area contributed by atoms with E-state index in [9.17, 15) is 0 Å². The van der Waals surface area contributed by atoms with Crippen molar-refractivity contribution in [3.05, 3.63) is 24.0 Å². The minimum atomic E-state index is 0.0687. The third kappa shape index (κ3) is 1.16. The van der Waals surface area contributed by atoms with Gasteiger partial charge in [0.15, 0.2) is 0 Å². The van der Waals surface area contributed by atoms with Crippen LogP contribution in [0.25, 0.3) is 0 Å². The van der Waals surface area contributed by atoms with E-state index in [1.165, 1.54) is 0 Å². The summed E-state index contributed by atoms with van der Waals surface area (Å²) in [6, 6.07) is 3.88. The SMILES string of the molecule is CC(N)C1Cc2ncccc2O1. The lowest BCUT2D eigenvalue weighted by Crippen LogP contribution is -2.34. The summed E-state index contributed by atoms with van der Waals surface area (Å²) >= 11 is 0. The largest absolute Gasteiger partial charge is 0.486 e. The van der Waals surface area contributed by atoms with Crippen LogP contribution in [0.3, 0.4) is 0 Å². The molecule has 2 rings (SSSR count). The Morgan fingerprint density at radius 1 is 1.75 bits per heavy atom. The van der Waals surface area contributed by atoms with Crippen LogP contribution in [0.1, 0.15) is 12.6 Å². The predicted octanol–water partition coefficient (Wildman–Crippen LogP) is 0.732. The molecule has 1 aromatic rings. The van der Waals surface area contributed by atoms with Crippen LogP contribution < -0.4 is 10.5 Å². The molecule has 1 aromatic heterocycles. The monoisotopic (exact) mass is 164 g/mol. The Hall–Kier alpha value is -1.09. The zero-order chi connectivity index (χ0) is 8.55. The van der Waals surface area contributed by atoms with Gasteiger partial charge < -0.3 is 10.5 Å². The van der Waals surface area contributed by atoms with E-state index < -0.39 is 0 Å². The van der Waals surface area contributed by atoms with Crippen molar-refractivity contribution in [1.82, 2.24) is 4.98 Å². The first-order valence-electron chi connectivity index (χ1n) is 4.13. The number of hydrogen-bond donors (Lipinski definition) is 1. The molecule has 2 unspecified atom stereocenters. The Morgan fingerprint density at radius 2 is 2.58 bits per heavy atom. The van der Waals surface area contributed by atoms with Gasteiger partial charge in [0, 0.05) is 18.7 Å². The van der Waals surface area contributed by atoms with Gasteiger partial charge in [-0.2, -0.15) is 0 Å². The topological polar surface area (TPSA) is 48.1 Å². The second-order valence-electron chi connectivity index (χ2n) is 3.17. The minimum Gasteiger partial charge on any atom is -0.486 e. The summed E-state index contributed by atoms with van der Waals surface area (Å²) in [5.41, 5.74) is 6.75. The van der Waals surface area contributed by atoms with E-state index in [-0.39, 0.29) is 12.1 Å². The van der Waals surface area contributed by atoms with Crippen LogP contribution in [-0.2, 0) is 6.42 Å². The van der Waals surface area contributed by atoms with Gasteiger partial charge in [-0.3, -0.25) is 4.98 Å². The molecule has 3 nitrogen and oxygen atoms in total. The quantitative estimate of drug-likeness (QED) is 0.665. The zero-order valence-electron chi connectivity index (χ0n) is 7.03. The van der Waals surface area contributed by atoms with E-state index in [4.69, 9.17) is 10.5 Å². The molecule has 0 spiro atoms. The molecular weight excluding hydrogens is 152 g/mol. The number of nitrogens with two attached hydrogens (primary N) is 1. The van der Waals surface area contributed by atoms with Crippen molar-refractivity contribution < 1.29 is 4.74 Å². The standard InChI is InChI=1S/C9H12N2O/c1-6(10)9-5-7-8(12-9)3-2-4-11-7/h2-4,6,9H,5,10H2,1H3. The first-order chi connectivity index (χ1) is 5.77. The van der Waals surface area contributed by atoms with E-state index in [0.29, 0.717) is 0 Å². The molecule has 0 radical (unpaired) electrons. The first kappa shape index (κ1) is 7.55. The highest BCUT2D eigenvalue weighted by molar-refractivity contribution is 5.31. The lowest BCUT2D eigenvalue weighted by Gasteiger charge is -2.13. The van der Waals surface area contributed by atoms with Gasteiger partial charge in [-0.15, -0.1) is 0 Å². The summed E-state index contributed by atoms with van der Waals surface area (Å²) in [5, 5.41) is 0. The fraction of sp³-hybridized carbons (Fsp3) is 0.444. The maximum absolute atomic E-state index is 5.72. The summed E-state index contributed by atoms with van der Waals surface area (Å²) in [6.45, 7) is 1.95. The van der Waals surface area contributed by atoms with Gasteiger partial charge in [-0.1, -0.05) is 0 Å². The summed E-state index contributed by atoms with van der Waals surface area (Å²) < 4.78 is 5.58. The Kier molecular flexibility index (Phi) is 1.73. The summed E-state index contributed by atoms with van der Waals surface area (Å²) in [5.74, 6) is 0.889. The number of hydrogen-bond acceptors (Lipinski definition) is 3. The highest BCUT2D eigenvalue weighted by Gasteiger charge is 2.26. The molecule has 1 aliphatic heterocycles. The Morgan fingerprint density at radius 3 is 3.25 bits per heavy atom. The van der Waals surface area contributed by atoms with E-state index in [2.05, 4.69) is 4.98 Å². The molecule has 0 aromatic carbocycles. The molecule has 2 heterocycles. The first-order valence-corrected chi connectivity index (χ1v) is 4.13. The van der Waals surface area contributed by atoms with Crippen LogP contribution in [0.5, 0.6) is 5.75 Å². The van der Waals surface area contributed by atoms with Gasteiger partial charge in [-0.05, 0) is 19.1 Å². The predicted molar refractivity (Wildman–Crippen MR) is 46.0 cm³/mol. The van der Waals surface area contributed by atoms with Crippen molar-refractivity contribution in [1.29, 1.82) is 0 Å². The van der Waals surface area contributed by atoms with Crippen LogP contribution >= 0.6 is 0 Å². The molecule has 0 saturated heterocycles. The molecule has 12 heavy (non-hydrogen) atoms. The normalized spacial score (nSPS) is 23.0. The molecular formula is C9H12N2O. The fourth-order valence-electron chi connectivity index (χ4n) is 1.37. The molecule has 0 bridgehead atoms. The van der Waals surface area contributed by atoms with Gasteiger partial charge in [-0.25, -0.2) is 0 Å². The van der Waals surface area contributed by atoms with Crippen LogP contribution in [0.15, 0.2) is 18.3 Å². The molecule has 1 aliphatic rings. The third-order valence-electron chi connectivity index (χ3n) is 2.11. The number of aromatic nitrogens is 1. The Labute approximate surface area is 71.6 Å². The fourth-order valence-corrected chi connectivity index (χ4v) is 1.37. The number of nitrogens with zero attached hydrogens (tertiary/aromatic N) is 1. The third-order valence-corrected chi connectivity index (χ3v) is 2.11. The van der Waals surface area contributed by atoms with Gasteiger partial charge >= 0.3 is 0 Å². The lowest BCUT2D eigenvalue weighted by molar-refractivity contribution is 0.206. The van der Waals surface area contributed by atoms with E-state index in [0.717, 1.165) is 17.9 Å². The van der Waals surface area contributed by atoms with Crippen LogP contribution in [0.2, 0.25) is 0 Å². The van der Waals surface area contributed by atoms with Crippen molar-refractivity contribution in [2.24, 2.45) is 5.73 Å². The molecule has 2 atom stereocenters. The van der Waals surface area contributed by atoms with Gasteiger partial charge in [0.25, 0.3) is 0 Å². The highest BCUT2D eigenvalue weighted by Crippen LogP contribution is 2.26. The van der Waals surface area contributed by atoms with Crippen LogP contribution in [0.4, 0.5) is 0 Å². The Balaban J connectivity index is 2.22. The van der Waals surface area contributed by atoms with Crippen molar-refractivity contribution in [2.45, 2.75) is 25.5 Å². The second-order valence-corrected chi connectivity index (χ2v) is 3.17. The minimum absolute atomic E-state index is 0.0687.